The van der Waals surface area contributed by atoms with Gasteiger partial charge in [0.15, 0.2) is 0 Å². The lowest BCUT2D eigenvalue weighted by Crippen LogP contribution is -1.55. The molecule has 0 aromatic carbocycles. The fraction of sp³-hybridized carbons (Fsp3) is 0.333. The van der Waals surface area contributed by atoms with Crippen molar-refractivity contribution in [1.82, 2.24) is 0 Å². The van der Waals surface area contributed by atoms with E-state index in [9.17, 15) is 0 Å². The lowest BCUT2D eigenvalue weighted by Gasteiger charge is -1.78. The van der Waals surface area contributed by atoms with Gasteiger partial charge in [-0.25, -0.2) is 0 Å². The summed E-state index contributed by atoms with van der Waals surface area (Å²) in [5.74, 6) is 0. The van der Waals surface area contributed by atoms with Crippen molar-refractivity contribution in [3.63, 3.8) is 0 Å². The van der Waals surface area contributed by atoms with Gasteiger partial charge in [-0.05, 0) is 19.9 Å². The largest absolute Gasteiger partial charge is 0.145 e. The molecule has 0 radical (unpaired) electrons. The van der Waals surface area contributed by atoms with Crippen LogP contribution in [-0.4, -0.2) is 0 Å². The van der Waals surface area contributed by atoms with Gasteiger partial charge in [-0.15, -0.1) is 24.0 Å². The molecule has 44 valence electrons. The molecule has 1 aromatic rings. The minimum absolute atomic E-state index is 1.12. The smallest absolute Gasteiger partial charge is 0.0179 e. The van der Waals surface area contributed by atoms with Crippen molar-refractivity contribution in [3.05, 3.63) is 15.8 Å². The van der Waals surface area contributed by atoms with E-state index in [-0.39, 0.29) is 0 Å². The highest BCUT2D eigenvalue weighted by Crippen LogP contribution is 2.22. The second-order valence-corrected chi connectivity index (χ2v) is 3.74. The van der Waals surface area contributed by atoms with Gasteiger partial charge in [-0.1, -0.05) is 0 Å². The predicted octanol–water partition coefficient (Wildman–Crippen LogP) is 2.65. The summed E-state index contributed by atoms with van der Waals surface area (Å²) in [6, 6.07) is 2.09. The van der Waals surface area contributed by atoms with Crippen LogP contribution in [0.15, 0.2) is 11.0 Å². The second-order valence-electron chi connectivity index (χ2n) is 1.80. The molecule has 0 fully saturated rings. The van der Waals surface area contributed by atoms with Gasteiger partial charge in [0.1, 0.15) is 0 Å². The van der Waals surface area contributed by atoms with Crippen LogP contribution in [0.4, 0.5) is 0 Å². The van der Waals surface area contributed by atoms with Crippen molar-refractivity contribution in [2.24, 2.45) is 0 Å². The zero-order chi connectivity index (χ0) is 6.15. The molecule has 0 amide bonds. The van der Waals surface area contributed by atoms with E-state index in [1.165, 1.54) is 9.75 Å². The highest BCUT2D eigenvalue weighted by atomic mass is 32.1. The van der Waals surface area contributed by atoms with Gasteiger partial charge in [0.2, 0.25) is 0 Å². The van der Waals surface area contributed by atoms with Crippen LogP contribution in [0.1, 0.15) is 9.75 Å². The summed E-state index contributed by atoms with van der Waals surface area (Å²) in [6.07, 6.45) is 0. The van der Waals surface area contributed by atoms with Crippen molar-refractivity contribution < 1.29 is 0 Å². The normalized spacial score (nSPS) is 9.88. The lowest BCUT2D eigenvalue weighted by molar-refractivity contribution is 1.42. The summed E-state index contributed by atoms with van der Waals surface area (Å²) >= 11 is 6.02. The van der Waals surface area contributed by atoms with Gasteiger partial charge >= 0.3 is 0 Å². The number of hydrogen-bond acceptors (Lipinski definition) is 2. The molecule has 0 N–H and O–H groups in total. The van der Waals surface area contributed by atoms with E-state index in [2.05, 4.69) is 32.5 Å². The molecular weight excluding hydrogens is 136 g/mol. The molecule has 8 heavy (non-hydrogen) atoms. The molecular formula is C6H8S2. The van der Waals surface area contributed by atoms with Crippen LogP contribution in [0.2, 0.25) is 0 Å². The number of thiol groups is 1. The first-order chi connectivity index (χ1) is 3.70. The van der Waals surface area contributed by atoms with Crippen LogP contribution in [0.5, 0.6) is 0 Å². The van der Waals surface area contributed by atoms with E-state index in [0.717, 1.165) is 4.90 Å². The molecule has 0 aliphatic rings. The van der Waals surface area contributed by atoms with Crippen LogP contribution < -0.4 is 0 Å². The Kier molecular flexibility index (Phi) is 1.63. The van der Waals surface area contributed by atoms with Crippen molar-refractivity contribution in [3.8, 4) is 0 Å². The Morgan fingerprint density at radius 1 is 1.50 bits per heavy atom. The average Bonchev–Trinajstić information content (AvgIpc) is 1.85. The second kappa shape index (κ2) is 2.11. The topological polar surface area (TPSA) is 0 Å². The molecule has 1 rings (SSSR count). The summed E-state index contributed by atoms with van der Waals surface area (Å²) in [6.45, 7) is 4.18. The minimum Gasteiger partial charge on any atom is -0.145 e. The molecule has 0 bridgehead atoms. The maximum absolute atomic E-state index is 4.23. The Hall–Kier alpha value is 0.0500. The molecule has 0 atom stereocenters. The van der Waals surface area contributed by atoms with Gasteiger partial charge < -0.3 is 0 Å². The van der Waals surface area contributed by atoms with Gasteiger partial charge in [0, 0.05) is 14.6 Å². The van der Waals surface area contributed by atoms with Crippen molar-refractivity contribution in [2.45, 2.75) is 18.7 Å². The van der Waals surface area contributed by atoms with E-state index in [1.807, 2.05) is 0 Å². The third-order valence-corrected chi connectivity index (χ3v) is 2.60. The SMILES string of the molecule is Cc1cc(S)c(C)s1. The van der Waals surface area contributed by atoms with Crippen molar-refractivity contribution in [1.29, 1.82) is 0 Å². The van der Waals surface area contributed by atoms with Crippen LogP contribution in [0, 0.1) is 13.8 Å². The minimum atomic E-state index is 1.12. The van der Waals surface area contributed by atoms with Crippen LogP contribution in [-0.2, 0) is 0 Å². The zero-order valence-corrected chi connectivity index (χ0v) is 6.64. The third-order valence-electron chi connectivity index (χ3n) is 1.01. The van der Waals surface area contributed by atoms with E-state index < -0.39 is 0 Å². The number of thiophene rings is 1. The van der Waals surface area contributed by atoms with Crippen LogP contribution in [0.25, 0.3) is 0 Å². The first kappa shape index (κ1) is 6.17. The van der Waals surface area contributed by atoms with Crippen molar-refractivity contribution >= 4 is 24.0 Å². The average molecular weight is 144 g/mol. The molecule has 0 spiro atoms. The van der Waals surface area contributed by atoms with Crippen molar-refractivity contribution in [2.75, 3.05) is 0 Å². The maximum Gasteiger partial charge on any atom is 0.0179 e. The summed E-state index contributed by atoms with van der Waals surface area (Å²) in [4.78, 5) is 3.77. The number of aryl methyl sites for hydroxylation is 2. The van der Waals surface area contributed by atoms with Crippen LogP contribution in [0.3, 0.4) is 0 Å². The summed E-state index contributed by atoms with van der Waals surface area (Å²) in [5, 5.41) is 0. The summed E-state index contributed by atoms with van der Waals surface area (Å²) < 4.78 is 0. The lowest BCUT2D eigenvalue weighted by atomic mass is 10.4. The summed E-state index contributed by atoms with van der Waals surface area (Å²) in [7, 11) is 0. The highest BCUT2D eigenvalue weighted by Gasteiger charge is 1.94. The molecule has 0 aliphatic heterocycles. The number of hydrogen-bond donors (Lipinski definition) is 1. The molecule has 0 saturated carbocycles. The van der Waals surface area contributed by atoms with Gasteiger partial charge in [0.05, 0.1) is 0 Å². The molecule has 2 heteroatoms. The predicted molar refractivity (Wildman–Crippen MR) is 41.0 cm³/mol. The maximum atomic E-state index is 4.23. The van der Waals surface area contributed by atoms with E-state index in [4.69, 9.17) is 0 Å². The monoisotopic (exact) mass is 144 g/mol. The molecule has 1 aromatic heterocycles. The molecule has 1 heterocycles. The van der Waals surface area contributed by atoms with Gasteiger partial charge in [0.25, 0.3) is 0 Å². The first-order valence-corrected chi connectivity index (χ1v) is 3.72. The van der Waals surface area contributed by atoms with Gasteiger partial charge in [-0.2, -0.15) is 0 Å². The Balaban J connectivity index is 3.14. The highest BCUT2D eigenvalue weighted by molar-refractivity contribution is 7.80. The van der Waals surface area contributed by atoms with Crippen LogP contribution >= 0.6 is 24.0 Å². The molecule has 0 nitrogen and oxygen atoms in total. The Bertz CT molecular complexity index is 169. The standard InChI is InChI=1S/C6H8S2/c1-4-3-6(7)5(2)8-4/h3,7H,1-2H3. The fourth-order valence-electron chi connectivity index (χ4n) is 0.617. The van der Waals surface area contributed by atoms with Gasteiger partial charge in [-0.3, -0.25) is 0 Å². The molecule has 0 saturated heterocycles. The van der Waals surface area contributed by atoms with E-state index in [1.54, 1.807) is 11.3 Å². The zero-order valence-electron chi connectivity index (χ0n) is 4.93. The van der Waals surface area contributed by atoms with E-state index >= 15 is 0 Å². The number of rotatable bonds is 0. The Morgan fingerprint density at radius 3 is 2.25 bits per heavy atom. The molecule has 0 aliphatic carbocycles. The Morgan fingerprint density at radius 2 is 2.12 bits per heavy atom. The Labute approximate surface area is 59.0 Å². The fourth-order valence-corrected chi connectivity index (χ4v) is 1.86. The third kappa shape index (κ3) is 1.06. The molecule has 0 unspecified atom stereocenters. The quantitative estimate of drug-likeness (QED) is 0.532. The van der Waals surface area contributed by atoms with E-state index in [0.29, 0.717) is 0 Å². The first-order valence-electron chi connectivity index (χ1n) is 2.46. The summed E-state index contributed by atoms with van der Waals surface area (Å²) in [5.41, 5.74) is 0.